The first-order valence-corrected chi connectivity index (χ1v) is 8.22. The van der Waals surface area contributed by atoms with Crippen LogP contribution in [0.5, 0.6) is 0 Å². The zero-order valence-electron chi connectivity index (χ0n) is 13.3. The Balaban J connectivity index is 2.03. The summed E-state index contributed by atoms with van der Waals surface area (Å²) in [6.45, 7) is 3.42. The molecule has 1 amide bonds. The van der Waals surface area contributed by atoms with Crippen molar-refractivity contribution in [2.45, 2.75) is 19.4 Å². The highest BCUT2D eigenvalue weighted by molar-refractivity contribution is 7.15. The molecule has 0 aliphatic carbocycles. The first-order chi connectivity index (χ1) is 11.5. The molecule has 0 saturated carbocycles. The van der Waals surface area contributed by atoms with Crippen LogP contribution < -0.4 is 5.32 Å². The van der Waals surface area contributed by atoms with E-state index in [4.69, 9.17) is 0 Å². The molecule has 0 fully saturated rings. The van der Waals surface area contributed by atoms with Crippen molar-refractivity contribution in [1.82, 2.24) is 15.3 Å². The lowest BCUT2D eigenvalue weighted by atomic mass is 9.91. The minimum atomic E-state index is -0.704. The van der Waals surface area contributed by atoms with Gasteiger partial charge in [0.2, 0.25) is 5.91 Å². The maximum Gasteiger partial charge on any atom is 0.217 e. The summed E-state index contributed by atoms with van der Waals surface area (Å²) in [5, 5.41) is 3.78. The number of thiazole rings is 1. The molecule has 1 aromatic carbocycles. The Morgan fingerprint density at radius 2 is 1.83 bits per heavy atom. The van der Waals surface area contributed by atoms with Crippen LogP contribution in [0, 0.1) is 5.82 Å². The van der Waals surface area contributed by atoms with Crippen molar-refractivity contribution in [2.75, 3.05) is 0 Å². The van der Waals surface area contributed by atoms with Crippen LogP contribution in [0.2, 0.25) is 0 Å². The standard InChI is InChI=1S/C18H16FN3OS/c1-12(23)22-18(2,14-7-9-20-10-8-14)16-11-21-17(24-16)13-3-5-15(19)6-4-13/h3-11H,1-2H3,(H,22,23). The van der Waals surface area contributed by atoms with Crippen molar-refractivity contribution < 1.29 is 9.18 Å². The number of carbonyl (C=O) groups is 1. The van der Waals surface area contributed by atoms with Gasteiger partial charge in [0.25, 0.3) is 0 Å². The first kappa shape index (κ1) is 16.3. The molecule has 0 aliphatic heterocycles. The van der Waals surface area contributed by atoms with Crippen LogP contribution in [-0.2, 0) is 10.3 Å². The fourth-order valence-corrected chi connectivity index (χ4v) is 3.59. The quantitative estimate of drug-likeness (QED) is 0.786. The van der Waals surface area contributed by atoms with E-state index in [9.17, 15) is 9.18 Å². The SMILES string of the molecule is CC(=O)NC(C)(c1ccncc1)c1cnc(-c2ccc(F)cc2)s1. The minimum absolute atomic E-state index is 0.133. The van der Waals surface area contributed by atoms with Crippen LogP contribution in [0.25, 0.3) is 10.6 Å². The average molecular weight is 341 g/mol. The molecule has 2 heterocycles. The Bertz CT molecular complexity index is 848. The number of hydrogen-bond acceptors (Lipinski definition) is 4. The molecule has 122 valence electrons. The number of benzene rings is 1. The highest BCUT2D eigenvalue weighted by Crippen LogP contribution is 2.36. The number of rotatable bonds is 4. The van der Waals surface area contributed by atoms with E-state index in [0.717, 1.165) is 21.0 Å². The van der Waals surface area contributed by atoms with Crippen molar-refractivity contribution in [2.24, 2.45) is 0 Å². The largest absolute Gasteiger partial charge is 0.342 e. The van der Waals surface area contributed by atoms with E-state index in [2.05, 4.69) is 15.3 Å². The summed E-state index contributed by atoms with van der Waals surface area (Å²) in [4.78, 5) is 21.1. The van der Waals surface area contributed by atoms with E-state index >= 15 is 0 Å². The molecule has 4 nitrogen and oxygen atoms in total. The summed E-state index contributed by atoms with van der Waals surface area (Å²) in [6, 6.07) is 9.94. The second-order valence-electron chi connectivity index (χ2n) is 5.58. The first-order valence-electron chi connectivity index (χ1n) is 7.40. The second kappa shape index (κ2) is 6.49. The maximum atomic E-state index is 13.1. The normalized spacial score (nSPS) is 13.3. The van der Waals surface area contributed by atoms with Crippen LogP contribution in [-0.4, -0.2) is 15.9 Å². The van der Waals surface area contributed by atoms with Crippen molar-refractivity contribution in [3.8, 4) is 10.6 Å². The third-order valence-electron chi connectivity index (χ3n) is 3.77. The molecule has 1 unspecified atom stereocenters. The maximum absolute atomic E-state index is 13.1. The Morgan fingerprint density at radius 1 is 1.17 bits per heavy atom. The number of nitrogens with zero attached hydrogens (tertiary/aromatic N) is 2. The summed E-state index contributed by atoms with van der Waals surface area (Å²) in [7, 11) is 0. The summed E-state index contributed by atoms with van der Waals surface area (Å²) in [5.41, 5.74) is 1.06. The summed E-state index contributed by atoms with van der Waals surface area (Å²) in [5.74, 6) is -0.415. The molecule has 1 N–H and O–H groups in total. The molecule has 0 spiro atoms. The summed E-state index contributed by atoms with van der Waals surface area (Å²) >= 11 is 1.47. The number of nitrogens with one attached hydrogen (secondary N) is 1. The third-order valence-corrected chi connectivity index (χ3v) is 5.04. The van der Waals surface area contributed by atoms with Gasteiger partial charge in [-0.15, -0.1) is 11.3 Å². The van der Waals surface area contributed by atoms with Gasteiger partial charge in [-0.2, -0.15) is 0 Å². The summed E-state index contributed by atoms with van der Waals surface area (Å²) < 4.78 is 13.1. The fraction of sp³-hybridized carbons (Fsp3) is 0.167. The van der Waals surface area contributed by atoms with Gasteiger partial charge in [-0.25, -0.2) is 9.37 Å². The lowest BCUT2D eigenvalue weighted by molar-refractivity contribution is -0.120. The second-order valence-corrected chi connectivity index (χ2v) is 6.61. The van der Waals surface area contributed by atoms with E-state index in [-0.39, 0.29) is 11.7 Å². The molecule has 0 bridgehead atoms. The van der Waals surface area contributed by atoms with Crippen molar-refractivity contribution in [3.05, 3.63) is 71.2 Å². The fourth-order valence-electron chi connectivity index (χ4n) is 2.54. The molecule has 2 aromatic heterocycles. The topological polar surface area (TPSA) is 54.9 Å². The zero-order chi connectivity index (χ0) is 17.2. The van der Waals surface area contributed by atoms with Gasteiger partial charge in [-0.3, -0.25) is 9.78 Å². The molecule has 3 aromatic rings. The monoisotopic (exact) mass is 341 g/mol. The van der Waals surface area contributed by atoms with Crippen LogP contribution in [0.1, 0.15) is 24.3 Å². The van der Waals surface area contributed by atoms with E-state index in [1.807, 2.05) is 19.1 Å². The lowest BCUT2D eigenvalue weighted by Crippen LogP contribution is -2.42. The van der Waals surface area contributed by atoms with E-state index in [1.54, 1.807) is 30.7 Å². The Kier molecular flexibility index (Phi) is 4.40. The smallest absolute Gasteiger partial charge is 0.217 e. The molecule has 6 heteroatoms. The van der Waals surface area contributed by atoms with E-state index in [1.165, 1.54) is 30.4 Å². The molecule has 1 atom stereocenters. The van der Waals surface area contributed by atoms with Gasteiger partial charge in [0, 0.05) is 31.1 Å². The Hall–Kier alpha value is -2.60. The Morgan fingerprint density at radius 3 is 2.46 bits per heavy atom. The lowest BCUT2D eigenvalue weighted by Gasteiger charge is -2.29. The third kappa shape index (κ3) is 3.19. The van der Waals surface area contributed by atoms with Crippen molar-refractivity contribution in [1.29, 1.82) is 0 Å². The molecular formula is C18H16FN3OS. The predicted molar refractivity (Wildman–Crippen MR) is 92.0 cm³/mol. The van der Waals surface area contributed by atoms with Gasteiger partial charge in [0.15, 0.2) is 0 Å². The van der Waals surface area contributed by atoms with Crippen LogP contribution in [0.15, 0.2) is 55.0 Å². The molecule has 0 saturated heterocycles. The van der Waals surface area contributed by atoms with Gasteiger partial charge < -0.3 is 5.32 Å². The predicted octanol–water partition coefficient (Wildman–Crippen LogP) is 3.74. The number of aromatic nitrogens is 2. The molecule has 0 aliphatic rings. The average Bonchev–Trinajstić information content (AvgIpc) is 3.06. The van der Waals surface area contributed by atoms with Gasteiger partial charge >= 0.3 is 0 Å². The number of carbonyl (C=O) groups excluding carboxylic acids is 1. The number of pyridine rings is 1. The van der Waals surface area contributed by atoms with Gasteiger partial charge in [-0.05, 0) is 48.9 Å². The van der Waals surface area contributed by atoms with E-state index < -0.39 is 5.54 Å². The van der Waals surface area contributed by atoms with Gasteiger partial charge in [0.1, 0.15) is 10.8 Å². The highest BCUT2D eigenvalue weighted by atomic mass is 32.1. The molecule has 3 rings (SSSR count). The molecular weight excluding hydrogens is 325 g/mol. The van der Waals surface area contributed by atoms with Crippen LogP contribution in [0.3, 0.4) is 0 Å². The van der Waals surface area contributed by atoms with Crippen LogP contribution >= 0.6 is 11.3 Å². The minimum Gasteiger partial charge on any atom is -0.342 e. The van der Waals surface area contributed by atoms with E-state index in [0.29, 0.717) is 0 Å². The Labute approximate surface area is 143 Å². The number of halogens is 1. The van der Waals surface area contributed by atoms with Crippen molar-refractivity contribution >= 4 is 17.2 Å². The van der Waals surface area contributed by atoms with Gasteiger partial charge in [-0.1, -0.05) is 0 Å². The zero-order valence-corrected chi connectivity index (χ0v) is 14.1. The van der Waals surface area contributed by atoms with Crippen LogP contribution in [0.4, 0.5) is 4.39 Å². The van der Waals surface area contributed by atoms with Crippen molar-refractivity contribution in [3.63, 3.8) is 0 Å². The molecule has 24 heavy (non-hydrogen) atoms. The summed E-state index contributed by atoms with van der Waals surface area (Å²) in [6.07, 6.45) is 5.13. The molecule has 0 radical (unpaired) electrons. The number of hydrogen-bond donors (Lipinski definition) is 1. The highest BCUT2D eigenvalue weighted by Gasteiger charge is 2.32. The van der Waals surface area contributed by atoms with Gasteiger partial charge in [0.05, 0.1) is 10.4 Å². The number of amides is 1.